The molecule has 4 aromatic rings. The van der Waals surface area contributed by atoms with Crippen LogP contribution in [0.15, 0.2) is 42.7 Å². The molecule has 0 radical (unpaired) electrons. The van der Waals surface area contributed by atoms with Crippen LogP contribution in [0.25, 0.3) is 21.3 Å². The van der Waals surface area contributed by atoms with E-state index in [-0.39, 0.29) is 24.7 Å². The number of alkyl halides is 3. The highest BCUT2D eigenvalue weighted by atomic mass is 32.1. The van der Waals surface area contributed by atoms with Gasteiger partial charge in [-0.2, -0.15) is 5.10 Å². The highest BCUT2D eigenvalue weighted by Gasteiger charge is 2.31. The largest absolute Gasteiger partial charge is 0.573 e. The lowest BCUT2D eigenvalue weighted by Crippen LogP contribution is -2.18. The van der Waals surface area contributed by atoms with Crippen LogP contribution < -0.4 is 20.1 Å². The summed E-state index contributed by atoms with van der Waals surface area (Å²) in [7, 11) is 0. The minimum absolute atomic E-state index is 0.0253. The van der Waals surface area contributed by atoms with Crippen molar-refractivity contribution < 1.29 is 32.5 Å². The fourth-order valence-corrected chi connectivity index (χ4v) is 4.35. The van der Waals surface area contributed by atoms with Gasteiger partial charge in [-0.05, 0) is 66.3 Å². The Labute approximate surface area is 226 Å². The number of anilines is 1. The normalized spacial score (nSPS) is 11.7. The molecular formula is C25H29F3N6O4S. The molecule has 2 aromatic heterocycles. The van der Waals surface area contributed by atoms with Crippen molar-refractivity contribution in [3.05, 3.63) is 48.3 Å². The van der Waals surface area contributed by atoms with E-state index in [1.165, 1.54) is 17.6 Å². The van der Waals surface area contributed by atoms with Crippen LogP contribution in [0.2, 0.25) is 0 Å². The number of benzene rings is 2. The first kappa shape index (κ1) is 28.5. The van der Waals surface area contributed by atoms with Gasteiger partial charge in [-0.15, -0.1) is 18.3 Å². The number of nitrogens with zero attached hydrogens (tertiary/aromatic N) is 3. The number of rotatable bonds is 16. The van der Waals surface area contributed by atoms with Gasteiger partial charge in [0.15, 0.2) is 0 Å². The molecule has 0 atom stereocenters. The van der Waals surface area contributed by atoms with Crippen molar-refractivity contribution in [3.63, 3.8) is 0 Å². The summed E-state index contributed by atoms with van der Waals surface area (Å²) in [6.45, 7) is 2.48. The van der Waals surface area contributed by atoms with Gasteiger partial charge in [0.2, 0.25) is 0 Å². The maximum Gasteiger partial charge on any atom is 0.573 e. The number of halogens is 3. The smallest absolute Gasteiger partial charge is 0.491 e. The topological polar surface area (TPSA) is 126 Å². The summed E-state index contributed by atoms with van der Waals surface area (Å²) in [5, 5.41) is 27.5. The van der Waals surface area contributed by atoms with Crippen molar-refractivity contribution in [1.29, 1.82) is 0 Å². The Morgan fingerprint density at radius 1 is 0.974 bits per heavy atom. The van der Waals surface area contributed by atoms with E-state index in [0.717, 1.165) is 45.9 Å². The van der Waals surface area contributed by atoms with Crippen molar-refractivity contribution in [2.45, 2.75) is 25.7 Å². The molecule has 2 aromatic carbocycles. The number of aliphatic hydroxyl groups excluding tert-OH is 1. The van der Waals surface area contributed by atoms with E-state index in [0.29, 0.717) is 38.4 Å². The summed E-state index contributed by atoms with van der Waals surface area (Å²) in [5.41, 5.74) is 3.46. The molecular weight excluding hydrogens is 537 g/mol. The number of aromatic amines is 1. The molecule has 4 rings (SSSR count). The minimum atomic E-state index is -4.80. The number of unbranched alkanes of at least 4 members (excludes halogenated alkanes) is 1. The van der Waals surface area contributed by atoms with Crippen LogP contribution in [-0.4, -0.2) is 70.8 Å². The summed E-state index contributed by atoms with van der Waals surface area (Å²) in [6.07, 6.45) is 0.373. The molecule has 0 saturated heterocycles. The third-order valence-corrected chi connectivity index (χ3v) is 6.23. The third-order valence-electron chi connectivity index (χ3n) is 5.52. The monoisotopic (exact) mass is 566 g/mol. The molecule has 14 heteroatoms. The van der Waals surface area contributed by atoms with Crippen molar-refractivity contribution in [1.82, 2.24) is 25.1 Å². The fraction of sp³-hybridized carbons (Fsp3) is 0.400. The zero-order valence-corrected chi connectivity index (χ0v) is 21.8. The first-order valence-corrected chi connectivity index (χ1v) is 13.1. The fourth-order valence-electron chi connectivity index (χ4n) is 3.85. The standard InChI is InChI=1S/C25H29F3N6O4S/c26-25(27,28)38-20-10-17(9-19(13-20)37-8-5-35)14-29-3-1-2-6-36-7-4-30-22-11-18(24-16-32-34-39-24)12-23-21(22)15-31-33-23/h9-13,15-16,29-30,35H,1-8,14H2,(H,31,33). The quantitative estimate of drug-likeness (QED) is 0.146. The lowest BCUT2D eigenvalue weighted by molar-refractivity contribution is -0.274. The van der Waals surface area contributed by atoms with E-state index >= 15 is 0 Å². The molecule has 0 bridgehead atoms. The second-order valence-electron chi connectivity index (χ2n) is 8.49. The van der Waals surface area contributed by atoms with E-state index in [4.69, 9.17) is 14.6 Å². The molecule has 0 aliphatic rings. The summed E-state index contributed by atoms with van der Waals surface area (Å²) < 4.78 is 56.8. The number of aromatic nitrogens is 4. The molecule has 2 heterocycles. The van der Waals surface area contributed by atoms with Crippen molar-refractivity contribution in [3.8, 4) is 21.9 Å². The number of fused-ring (bicyclic) bond motifs is 1. The number of aliphatic hydroxyl groups is 1. The summed E-state index contributed by atoms with van der Waals surface area (Å²) in [6, 6.07) is 8.13. The summed E-state index contributed by atoms with van der Waals surface area (Å²) >= 11 is 1.33. The molecule has 0 fully saturated rings. The van der Waals surface area contributed by atoms with E-state index in [9.17, 15) is 13.2 Å². The second kappa shape index (κ2) is 14.1. The minimum Gasteiger partial charge on any atom is -0.491 e. The predicted molar refractivity (Wildman–Crippen MR) is 141 cm³/mol. The lowest BCUT2D eigenvalue weighted by atomic mass is 10.1. The predicted octanol–water partition coefficient (Wildman–Crippen LogP) is 4.35. The molecule has 39 heavy (non-hydrogen) atoms. The first-order chi connectivity index (χ1) is 18.9. The van der Waals surface area contributed by atoms with Crippen LogP contribution >= 0.6 is 11.5 Å². The Morgan fingerprint density at radius 2 is 1.85 bits per heavy atom. The molecule has 0 spiro atoms. The Bertz CT molecular complexity index is 1300. The molecule has 0 unspecified atom stereocenters. The molecule has 0 aliphatic carbocycles. The maximum absolute atomic E-state index is 12.6. The zero-order chi connectivity index (χ0) is 27.5. The number of nitrogens with one attached hydrogen (secondary N) is 3. The Morgan fingerprint density at radius 3 is 2.64 bits per heavy atom. The van der Waals surface area contributed by atoms with Crippen LogP contribution in [0.1, 0.15) is 18.4 Å². The molecule has 0 amide bonds. The highest BCUT2D eigenvalue weighted by molar-refractivity contribution is 7.09. The highest BCUT2D eigenvalue weighted by Crippen LogP contribution is 2.31. The van der Waals surface area contributed by atoms with Gasteiger partial charge in [0.05, 0.1) is 36.0 Å². The van der Waals surface area contributed by atoms with Gasteiger partial charge in [0.1, 0.15) is 18.1 Å². The van der Waals surface area contributed by atoms with E-state index < -0.39 is 6.36 Å². The SMILES string of the molecule is OCCOc1cc(CNCCCCOCCNc2cc(-c3cnns3)cc3[nH]ncc23)cc(OC(F)(F)F)c1. The van der Waals surface area contributed by atoms with Crippen molar-refractivity contribution in [2.24, 2.45) is 0 Å². The number of ether oxygens (including phenoxy) is 3. The van der Waals surface area contributed by atoms with Gasteiger partial charge in [-0.1, -0.05) is 4.49 Å². The van der Waals surface area contributed by atoms with Gasteiger partial charge < -0.3 is 30.0 Å². The average molecular weight is 567 g/mol. The molecule has 210 valence electrons. The number of hydrogen-bond acceptors (Lipinski definition) is 10. The number of H-pyrrole nitrogens is 1. The van der Waals surface area contributed by atoms with E-state index in [1.807, 2.05) is 12.1 Å². The van der Waals surface area contributed by atoms with Gasteiger partial charge in [0.25, 0.3) is 0 Å². The van der Waals surface area contributed by atoms with Gasteiger partial charge in [-0.3, -0.25) is 5.10 Å². The van der Waals surface area contributed by atoms with Gasteiger partial charge >= 0.3 is 6.36 Å². The third kappa shape index (κ3) is 9.06. The van der Waals surface area contributed by atoms with Crippen LogP contribution in [-0.2, 0) is 11.3 Å². The van der Waals surface area contributed by atoms with Crippen LogP contribution in [0.5, 0.6) is 11.5 Å². The first-order valence-electron chi connectivity index (χ1n) is 12.3. The zero-order valence-electron chi connectivity index (χ0n) is 21.0. The molecule has 10 nitrogen and oxygen atoms in total. The maximum atomic E-state index is 12.6. The second-order valence-corrected chi connectivity index (χ2v) is 9.28. The average Bonchev–Trinajstić information content (AvgIpc) is 3.60. The van der Waals surface area contributed by atoms with Crippen LogP contribution in [0, 0.1) is 0 Å². The lowest BCUT2D eigenvalue weighted by Gasteiger charge is -2.14. The molecule has 0 aliphatic heterocycles. The summed E-state index contributed by atoms with van der Waals surface area (Å²) in [5.74, 6) is -0.164. The van der Waals surface area contributed by atoms with E-state index in [1.54, 1.807) is 18.5 Å². The molecule has 0 saturated carbocycles. The Balaban J connectivity index is 1.14. The van der Waals surface area contributed by atoms with Gasteiger partial charge in [-0.25, -0.2) is 0 Å². The molecule has 4 N–H and O–H groups in total. The van der Waals surface area contributed by atoms with Crippen LogP contribution in [0.3, 0.4) is 0 Å². The van der Waals surface area contributed by atoms with E-state index in [2.05, 4.69) is 35.2 Å². The van der Waals surface area contributed by atoms with Crippen molar-refractivity contribution >= 4 is 28.1 Å². The van der Waals surface area contributed by atoms with Crippen LogP contribution in [0.4, 0.5) is 18.9 Å². The summed E-state index contributed by atoms with van der Waals surface area (Å²) in [4.78, 5) is 0.970. The van der Waals surface area contributed by atoms with Crippen molar-refractivity contribution in [2.75, 3.05) is 44.8 Å². The number of hydrogen-bond donors (Lipinski definition) is 4. The Hall–Kier alpha value is -3.46. The Kier molecular flexibility index (Phi) is 10.3. The van der Waals surface area contributed by atoms with Gasteiger partial charge in [0, 0.05) is 36.8 Å².